The maximum atomic E-state index is 2.67. The van der Waals surface area contributed by atoms with E-state index in [0.717, 1.165) is 6.42 Å². The van der Waals surface area contributed by atoms with Gasteiger partial charge in [0, 0.05) is 0 Å². The zero-order valence-electron chi connectivity index (χ0n) is 31.9. The van der Waals surface area contributed by atoms with Crippen LogP contribution in [-0.2, 0) is 6.42 Å². The summed E-state index contributed by atoms with van der Waals surface area (Å²) in [6.07, 6.45) is 0.984. The minimum absolute atomic E-state index is 0.984. The van der Waals surface area contributed by atoms with Gasteiger partial charge in [-0.05, 0) is 70.2 Å². The van der Waals surface area contributed by atoms with Gasteiger partial charge in [0.2, 0.25) is 0 Å². The summed E-state index contributed by atoms with van der Waals surface area (Å²) < 4.78 is 0. The number of rotatable bonds is 9. The molecule has 0 saturated heterocycles. The predicted molar refractivity (Wildman–Crippen MR) is 245 cm³/mol. The highest BCUT2D eigenvalue weighted by Crippen LogP contribution is 2.36. The van der Waals surface area contributed by atoms with Gasteiger partial charge in [0.15, 0.2) is 16.1 Å². The molecule has 55 heavy (non-hydrogen) atoms. The monoisotopic (exact) mass is 754 g/mol. The molecule has 0 amide bonds. The van der Waals surface area contributed by atoms with Crippen LogP contribution in [0.5, 0.6) is 0 Å². The molecule has 9 rings (SSSR count). The van der Waals surface area contributed by atoms with Crippen molar-refractivity contribution < 1.29 is 0 Å². The van der Waals surface area contributed by atoms with Gasteiger partial charge in [0.25, 0.3) is 0 Å². The Morgan fingerprint density at radius 2 is 0.636 bits per heavy atom. The quantitative estimate of drug-likeness (QED) is 0.116. The minimum atomic E-state index is -2.75. The first-order chi connectivity index (χ1) is 26.9. The summed E-state index contributed by atoms with van der Waals surface area (Å²) in [7, 11) is -7.28. The molecule has 0 unspecified atom stereocenters. The van der Waals surface area contributed by atoms with Crippen LogP contribution in [0.25, 0.3) is 11.1 Å². The third kappa shape index (κ3) is 5.86. The Labute approximate surface area is 329 Å². The summed E-state index contributed by atoms with van der Waals surface area (Å²) in [6, 6.07) is 81.1. The van der Waals surface area contributed by atoms with Gasteiger partial charge in [-0.15, -0.1) is 0 Å². The summed E-state index contributed by atoms with van der Waals surface area (Å²) in [5.41, 5.74) is 5.83. The van der Waals surface area contributed by atoms with E-state index >= 15 is 0 Å². The van der Waals surface area contributed by atoms with Crippen molar-refractivity contribution in [1.82, 2.24) is 0 Å². The SMILES string of the molecule is C[Si](C)(C)c1cc([Si](c2ccccc2)(c2ccccc2)c2ccccc2)cc2c1Cc1ccc([Si](c3ccccc3)(c3ccccc3)c3ccccc3)cc1-2. The molecule has 0 atom stereocenters. The van der Waals surface area contributed by atoms with Crippen LogP contribution in [0.2, 0.25) is 19.6 Å². The molecular formula is C52H46Si3. The lowest BCUT2D eigenvalue weighted by molar-refractivity contribution is 1.28. The van der Waals surface area contributed by atoms with Crippen molar-refractivity contribution in [3.8, 4) is 11.1 Å². The van der Waals surface area contributed by atoms with Gasteiger partial charge in [-0.3, -0.25) is 0 Å². The van der Waals surface area contributed by atoms with E-state index < -0.39 is 24.2 Å². The lowest BCUT2D eigenvalue weighted by atomic mass is 10.1. The molecule has 0 bridgehead atoms. The van der Waals surface area contributed by atoms with E-state index in [1.807, 2.05) is 0 Å². The summed E-state index contributed by atoms with van der Waals surface area (Å²) in [4.78, 5) is 0. The van der Waals surface area contributed by atoms with Gasteiger partial charge in [-0.2, -0.15) is 0 Å². The van der Waals surface area contributed by atoms with Crippen molar-refractivity contribution in [2.75, 3.05) is 0 Å². The first-order valence-electron chi connectivity index (χ1n) is 19.6. The summed E-state index contributed by atoms with van der Waals surface area (Å²) in [6.45, 7) is 7.61. The van der Waals surface area contributed by atoms with Crippen LogP contribution in [-0.4, -0.2) is 24.2 Å². The molecule has 0 aromatic heterocycles. The fourth-order valence-electron chi connectivity index (χ4n) is 9.52. The normalized spacial score (nSPS) is 12.6. The number of fused-ring (bicyclic) bond motifs is 3. The molecule has 0 radical (unpaired) electrons. The van der Waals surface area contributed by atoms with Crippen LogP contribution < -0.4 is 46.7 Å². The first kappa shape index (κ1) is 35.1. The van der Waals surface area contributed by atoms with E-state index in [1.54, 1.807) is 10.8 Å². The van der Waals surface area contributed by atoms with Crippen molar-refractivity contribution in [3.05, 3.63) is 223 Å². The molecule has 0 fully saturated rings. The second-order valence-electron chi connectivity index (χ2n) is 16.0. The zero-order valence-corrected chi connectivity index (χ0v) is 34.9. The zero-order chi connectivity index (χ0) is 37.5. The van der Waals surface area contributed by atoms with Crippen molar-refractivity contribution in [3.63, 3.8) is 0 Å². The maximum Gasteiger partial charge on any atom is 0.179 e. The Morgan fingerprint density at radius 3 is 0.982 bits per heavy atom. The highest BCUT2D eigenvalue weighted by molar-refractivity contribution is 7.20. The van der Waals surface area contributed by atoms with Gasteiger partial charge in [-0.1, -0.05) is 237 Å². The largest absolute Gasteiger partial charge is 0.179 e. The van der Waals surface area contributed by atoms with E-state index in [1.165, 1.54) is 58.2 Å². The maximum absolute atomic E-state index is 2.75. The lowest BCUT2D eigenvalue weighted by Gasteiger charge is -2.36. The molecule has 0 N–H and O–H groups in total. The van der Waals surface area contributed by atoms with Crippen LogP contribution in [0, 0.1) is 0 Å². The minimum Gasteiger partial charge on any atom is -0.0656 e. The third-order valence-electron chi connectivity index (χ3n) is 11.9. The third-order valence-corrected chi connectivity index (χ3v) is 23.5. The molecule has 1 aliphatic carbocycles. The van der Waals surface area contributed by atoms with Crippen LogP contribution in [0.3, 0.4) is 0 Å². The fourth-order valence-corrected chi connectivity index (χ4v) is 21.0. The molecule has 0 aliphatic heterocycles. The smallest absolute Gasteiger partial charge is 0.0656 e. The second kappa shape index (κ2) is 14.2. The van der Waals surface area contributed by atoms with Crippen LogP contribution in [0.1, 0.15) is 11.1 Å². The van der Waals surface area contributed by atoms with Gasteiger partial charge in [0.05, 0.1) is 8.07 Å². The van der Waals surface area contributed by atoms with Crippen LogP contribution in [0.15, 0.2) is 212 Å². The Morgan fingerprint density at radius 1 is 0.309 bits per heavy atom. The van der Waals surface area contributed by atoms with Crippen molar-refractivity contribution in [2.45, 2.75) is 26.1 Å². The number of hydrogen-bond acceptors (Lipinski definition) is 0. The average Bonchev–Trinajstić information content (AvgIpc) is 3.61. The second-order valence-corrected chi connectivity index (χ2v) is 28.7. The predicted octanol–water partition coefficient (Wildman–Crippen LogP) is 6.56. The topological polar surface area (TPSA) is 0 Å². The molecule has 266 valence electrons. The summed E-state index contributed by atoms with van der Waals surface area (Å²) >= 11 is 0. The Bertz CT molecular complexity index is 2370. The lowest BCUT2D eigenvalue weighted by Crippen LogP contribution is -2.75. The van der Waals surface area contributed by atoms with Gasteiger partial charge in [0.1, 0.15) is 0 Å². The van der Waals surface area contributed by atoms with Crippen molar-refractivity contribution >= 4 is 70.9 Å². The molecule has 0 saturated carbocycles. The van der Waals surface area contributed by atoms with Crippen molar-refractivity contribution in [2.24, 2.45) is 0 Å². The molecule has 8 aromatic carbocycles. The van der Waals surface area contributed by atoms with E-state index in [0.29, 0.717) is 0 Å². The van der Waals surface area contributed by atoms with E-state index in [9.17, 15) is 0 Å². The Hall–Kier alpha value is -5.59. The van der Waals surface area contributed by atoms with Gasteiger partial charge < -0.3 is 0 Å². The highest BCUT2D eigenvalue weighted by Gasteiger charge is 2.45. The van der Waals surface area contributed by atoms with Crippen molar-refractivity contribution in [1.29, 1.82) is 0 Å². The molecular weight excluding hydrogens is 709 g/mol. The standard InChI is InChI=1S/C52H46Si3/c1-53(2,3)52-39-48(55(44-28-16-7-17-29-44,45-30-18-8-19-31-45)46-32-20-9-21-33-46)38-50-49-37-47(35-34-40(49)36-51(50)52)54(41-22-10-4-11-23-41,42-24-12-5-13-25-42)43-26-14-6-15-27-43/h4-35,37-39H,36H2,1-3H3. The molecule has 1 aliphatic rings. The van der Waals surface area contributed by atoms with Gasteiger partial charge >= 0.3 is 0 Å². The molecule has 0 heterocycles. The Balaban J connectivity index is 1.37. The fraction of sp³-hybridized carbons (Fsp3) is 0.0769. The molecule has 8 aromatic rings. The number of benzene rings is 8. The van der Waals surface area contributed by atoms with Crippen LogP contribution in [0.4, 0.5) is 0 Å². The van der Waals surface area contributed by atoms with Crippen LogP contribution >= 0.6 is 0 Å². The summed E-state index contributed by atoms with van der Waals surface area (Å²) in [5, 5.41) is 13.0. The molecule has 0 nitrogen and oxygen atoms in total. The van der Waals surface area contributed by atoms with E-state index in [-0.39, 0.29) is 0 Å². The number of hydrogen-bond donors (Lipinski definition) is 0. The molecule has 3 heteroatoms. The van der Waals surface area contributed by atoms with E-state index in [2.05, 4.69) is 232 Å². The summed E-state index contributed by atoms with van der Waals surface area (Å²) in [5.74, 6) is 0. The first-order valence-corrected chi connectivity index (χ1v) is 27.1. The van der Waals surface area contributed by atoms with E-state index in [4.69, 9.17) is 0 Å². The Kier molecular flexibility index (Phi) is 9.10. The highest BCUT2D eigenvalue weighted by atomic mass is 28.3. The molecule has 0 spiro atoms. The van der Waals surface area contributed by atoms with Gasteiger partial charge in [-0.25, -0.2) is 0 Å². The average molecular weight is 755 g/mol.